The fraction of sp³-hybridized carbons (Fsp3) is 0.320. The number of para-hydroxylation sites is 1. The Morgan fingerprint density at radius 2 is 1.75 bits per heavy atom. The van der Waals surface area contributed by atoms with Gasteiger partial charge in [-0.3, -0.25) is 4.79 Å². The van der Waals surface area contributed by atoms with E-state index in [9.17, 15) is 19.3 Å². The number of carbonyl (C=O) groups is 3. The van der Waals surface area contributed by atoms with Crippen molar-refractivity contribution in [1.29, 1.82) is 0 Å². The van der Waals surface area contributed by atoms with Gasteiger partial charge in [-0.25, -0.2) is 9.59 Å². The van der Waals surface area contributed by atoms with Crippen molar-refractivity contribution in [3.8, 4) is 11.5 Å². The zero-order chi connectivity index (χ0) is 26.6. The molecular weight excluding hydrogens is 488 g/mol. The monoisotopic (exact) mass is 516 g/mol. The fourth-order valence-corrected chi connectivity index (χ4v) is 3.25. The summed E-state index contributed by atoms with van der Waals surface area (Å²) in [4.78, 5) is 47.2. The number of ether oxygens (including phenoxy) is 4. The van der Waals surface area contributed by atoms with Gasteiger partial charge in [0.05, 0.1) is 32.1 Å². The molecule has 36 heavy (non-hydrogen) atoms. The molecule has 0 saturated carbocycles. The molecule has 2 rings (SSSR count). The highest BCUT2D eigenvalue weighted by molar-refractivity contribution is 7.99. The largest absolute Gasteiger partial charge is 0.493 e. The van der Waals surface area contributed by atoms with Gasteiger partial charge in [0.15, 0.2) is 18.1 Å². The first kappa shape index (κ1) is 28.4. The van der Waals surface area contributed by atoms with Crippen LogP contribution in [0.25, 0.3) is 6.08 Å². The number of rotatable bonds is 13. The number of anilines is 1. The van der Waals surface area contributed by atoms with Gasteiger partial charge in [0, 0.05) is 27.4 Å². The fourth-order valence-electron chi connectivity index (χ4n) is 2.87. The van der Waals surface area contributed by atoms with Crippen LogP contribution in [0.1, 0.15) is 36.2 Å². The number of esters is 2. The molecule has 0 aliphatic rings. The Labute approximate surface area is 213 Å². The maximum absolute atomic E-state index is 12.5. The Bertz CT molecular complexity index is 1120. The Morgan fingerprint density at radius 1 is 1.03 bits per heavy atom. The van der Waals surface area contributed by atoms with E-state index in [1.54, 1.807) is 50.3 Å². The van der Waals surface area contributed by atoms with Gasteiger partial charge in [-0.05, 0) is 56.2 Å². The van der Waals surface area contributed by atoms with Gasteiger partial charge in [-0.2, -0.15) is 0 Å². The highest BCUT2D eigenvalue weighted by Gasteiger charge is 2.21. The van der Waals surface area contributed by atoms with E-state index in [1.165, 1.54) is 32.4 Å². The molecule has 0 fully saturated rings. The van der Waals surface area contributed by atoms with Crippen LogP contribution in [0.3, 0.4) is 0 Å². The Balaban J connectivity index is 1.93. The molecule has 2 aromatic carbocycles. The average Bonchev–Trinajstić information content (AvgIpc) is 2.86. The minimum absolute atomic E-state index is 0.0466. The molecule has 0 bridgehead atoms. The van der Waals surface area contributed by atoms with Gasteiger partial charge in [-0.15, -0.1) is 4.91 Å². The molecule has 0 saturated heterocycles. The number of nitrogens with zero attached hydrogens (tertiary/aromatic N) is 1. The van der Waals surface area contributed by atoms with Crippen molar-refractivity contribution in [2.75, 3.05) is 32.8 Å². The Morgan fingerprint density at radius 3 is 2.44 bits per heavy atom. The van der Waals surface area contributed by atoms with E-state index < -0.39 is 29.2 Å². The minimum Gasteiger partial charge on any atom is -0.493 e. The van der Waals surface area contributed by atoms with E-state index in [0.717, 1.165) is 11.9 Å². The maximum Gasteiger partial charge on any atom is 0.344 e. The van der Waals surface area contributed by atoms with Crippen LogP contribution in [-0.4, -0.2) is 50.0 Å². The second kappa shape index (κ2) is 13.9. The zero-order valence-corrected chi connectivity index (χ0v) is 21.3. The number of carbonyl (C=O) groups excluding carboxylic acids is 3. The number of hydrogen-bond acceptors (Lipinski definition) is 10. The van der Waals surface area contributed by atoms with Crippen molar-refractivity contribution < 1.29 is 33.3 Å². The lowest BCUT2D eigenvalue weighted by Crippen LogP contribution is -2.22. The van der Waals surface area contributed by atoms with Crippen LogP contribution < -0.4 is 14.8 Å². The van der Waals surface area contributed by atoms with Crippen LogP contribution in [-0.2, 0) is 19.1 Å². The van der Waals surface area contributed by atoms with E-state index in [-0.39, 0.29) is 17.9 Å². The molecule has 0 radical (unpaired) electrons. The van der Waals surface area contributed by atoms with Crippen molar-refractivity contribution in [2.45, 2.75) is 25.0 Å². The number of nitroso groups, excluding NO2 is 1. The number of hydrogen-bond donors (Lipinski definition) is 1. The summed E-state index contributed by atoms with van der Waals surface area (Å²) in [6, 6.07) is 11.4. The molecule has 1 amide bonds. The summed E-state index contributed by atoms with van der Waals surface area (Å²) < 4.78 is 22.8. The third kappa shape index (κ3) is 9.06. The highest BCUT2D eigenvalue weighted by Crippen LogP contribution is 2.29. The van der Waals surface area contributed by atoms with Gasteiger partial charge in [0.1, 0.15) is 0 Å². The molecular formula is C25H28N2O8S. The molecule has 1 N–H and O–H groups in total. The lowest BCUT2D eigenvalue weighted by atomic mass is 10.1. The third-order valence-corrected chi connectivity index (χ3v) is 5.59. The summed E-state index contributed by atoms with van der Waals surface area (Å²) in [5, 5.41) is 2.63. The van der Waals surface area contributed by atoms with E-state index in [2.05, 4.69) is 9.90 Å². The standard InChI is InChI=1S/C25H28N2O8S/c1-25(2,36-27-31)13-14-34-23(29)16-35-24(30)18-7-5-6-8-19(18)26-22(28)12-10-17-9-11-20(32-3)21(15-17)33-4/h5-12,15H,13-14,16H2,1-4H3,(H,26,28). The molecule has 11 heteroatoms. The van der Waals surface area contributed by atoms with Crippen LogP contribution in [0.15, 0.2) is 53.1 Å². The molecule has 0 heterocycles. The van der Waals surface area contributed by atoms with Crippen LogP contribution in [0.4, 0.5) is 5.69 Å². The summed E-state index contributed by atoms with van der Waals surface area (Å²) >= 11 is 0.855. The summed E-state index contributed by atoms with van der Waals surface area (Å²) in [5.41, 5.74) is 1.00. The Kier molecular flexibility index (Phi) is 10.9. The summed E-state index contributed by atoms with van der Waals surface area (Å²) in [5.74, 6) is -0.925. The summed E-state index contributed by atoms with van der Waals surface area (Å²) in [7, 11) is 3.05. The summed E-state index contributed by atoms with van der Waals surface area (Å²) in [6.07, 6.45) is 3.29. The third-order valence-electron chi connectivity index (χ3n) is 4.81. The first-order valence-electron chi connectivity index (χ1n) is 10.8. The molecule has 0 aliphatic heterocycles. The molecule has 0 unspecified atom stereocenters. The minimum atomic E-state index is -0.798. The van der Waals surface area contributed by atoms with Gasteiger partial charge >= 0.3 is 11.9 Å². The second-order valence-electron chi connectivity index (χ2n) is 7.95. The molecule has 2 aromatic rings. The van der Waals surface area contributed by atoms with E-state index in [4.69, 9.17) is 18.9 Å². The highest BCUT2D eigenvalue weighted by atomic mass is 32.2. The molecule has 0 aliphatic carbocycles. The van der Waals surface area contributed by atoms with Crippen molar-refractivity contribution in [3.05, 3.63) is 64.6 Å². The maximum atomic E-state index is 12.5. The Hall–Kier alpha value is -3.86. The first-order chi connectivity index (χ1) is 17.2. The van der Waals surface area contributed by atoms with Crippen molar-refractivity contribution in [3.63, 3.8) is 0 Å². The molecule has 192 valence electrons. The lowest BCUT2D eigenvalue weighted by Gasteiger charge is -2.18. The smallest absolute Gasteiger partial charge is 0.344 e. The average molecular weight is 517 g/mol. The van der Waals surface area contributed by atoms with Crippen LogP contribution in [0, 0.1) is 4.91 Å². The number of benzene rings is 2. The van der Waals surface area contributed by atoms with E-state index >= 15 is 0 Å². The number of amides is 1. The zero-order valence-electron chi connectivity index (χ0n) is 20.4. The summed E-state index contributed by atoms with van der Waals surface area (Å²) in [6.45, 7) is 3.03. The van der Waals surface area contributed by atoms with Crippen LogP contribution in [0.2, 0.25) is 0 Å². The second-order valence-corrected chi connectivity index (χ2v) is 9.39. The van der Waals surface area contributed by atoms with Gasteiger partial charge in [0.2, 0.25) is 5.91 Å². The normalized spacial score (nSPS) is 11.0. The van der Waals surface area contributed by atoms with Crippen molar-refractivity contribution in [2.24, 2.45) is 4.58 Å². The van der Waals surface area contributed by atoms with E-state index in [0.29, 0.717) is 23.5 Å². The topological polar surface area (TPSA) is 130 Å². The molecule has 0 atom stereocenters. The predicted octanol–water partition coefficient (Wildman–Crippen LogP) is 4.64. The van der Waals surface area contributed by atoms with Gasteiger partial charge in [-0.1, -0.05) is 18.2 Å². The SMILES string of the molecule is COc1ccc(C=CC(=O)Nc2ccccc2C(=O)OCC(=O)OCCC(C)(C)SN=O)cc1OC. The van der Waals surface area contributed by atoms with Crippen LogP contribution in [0.5, 0.6) is 11.5 Å². The van der Waals surface area contributed by atoms with Gasteiger partial charge in [0.25, 0.3) is 0 Å². The molecule has 0 spiro atoms. The van der Waals surface area contributed by atoms with Crippen LogP contribution >= 0.6 is 11.9 Å². The number of nitrogens with one attached hydrogen (secondary N) is 1. The number of methoxy groups -OCH3 is 2. The quantitative estimate of drug-likeness (QED) is 0.175. The van der Waals surface area contributed by atoms with E-state index in [1.807, 2.05) is 0 Å². The van der Waals surface area contributed by atoms with Crippen molar-refractivity contribution >= 4 is 41.6 Å². The molecule has 0 aromatic heterocycles. The van der Waals surface area contributed by atoms with Gasteiger partial charge < -0.3 is 24.3 Å². The predicted molar refractivity (Wildman–Crippen MR) is 137 cm³/mol. The first-order valence-corrected chi connectivity index (χ1v) is 11.6. The van der Waals surface area contributed by atoms with Crippen molar-refractivity contribution in [1.82, 2.24) is 0 Å². The molecule has 10 nitrogen and oxygen atoms in total. The lowest BCUT2D eigenvalue weighted by molar-refractivity contribution is -0.147.